The van der Waals surface area contributed by atoms with Crippen LogP contribution in [0.3, 0.4) is 0 Å². The first-order chi connectivity index (χ1) is 11.5. The van der Waals surface area contributed by atoms with Crippen LogP contribution in [0, 0.1) is 20.8 Å². The van der Waals surface area contributed by atoms with Crippen molar-refractivity contribution in [3.8, 4) is 17.2 Å². The molecule has 0 aliphatic carbocycles. The van der Waals surface area contributed by atoms with E-state index in [1.165, 1.54) is 0 Å². The number of carbonyl (C=O) groups is 1. The average Bonchev–Trinajstić information content (AvgIpc) is 3.11. The van der Waals surface area contributed by atoms with Crippen molar-refractivity contribution < 1.29 is 18.4 Å². The molecule has 1 amide bonds. The van der Waals surface area contributed by atoms with E-state index in [0.717, 1.165) is 11.3 Å². The molecule has 0 saturated heterocycles. The topological polar surface area (TPSA) is 90.4 Å². The van der Waals surface area contributed by atoms with Crippen LogP contribution >= 0.6 is 0 Å². The summed E-state index contributed by atoms with van der Waals surface area (Å²) in [6.45, 7) is 5.44. The number of hydrogen-bond donors (Lipinski definition) is 1. The highest BCUT2D eigenvalue weighted by molar-refractivity contribution is 5.89. The summed E-state index contributed by atoms with van der Waals surface area (Å²) in [5, 5.41) is 10.2. The van der Waals surface area contributed by atoms with Crippen molar-refractivity contribution in [2.45, 2.75) is 20.8 Å². The summed E-state index contributed by atoms with van der Waals surface area (Å²) in [6.07, 6.45) is 0. The van der Waals surface area contributed by atoms with Crippen LogP contribution in [0.4, 0.5) is 6.01 Å². The average molecular weight is 327 g/mol. The van der Waals surface area contributed by atoms with Gasteiger partial charge in [-0.2, -0.15) is 0 Å². The van der Waals surface area contributed by atoms with Crippen molar-refractivity contribution in [3.63, 3.8) is 0 Å². The van der Waals surface area contributed by atoms with Crippen LogP contribution in [0.15, 0.2) is 39.2 Å². The molecule has 24 heavy (non-hydrogen) atoms. The zero-order chi connectivity index (χ0) is 17.1. The number of benzene rings is 1. The smallest absolute Gasteiger partial charge is 0.322 e. The summed E-state index contributed by atoms with van der Waals surface area (Å²) in [4.78, 5) is 11.9. The van der Waals surface area contributed by atoms with Crippen molar-refractivity contribution in [1.29, 1.82) is 0 Å². The number of nitrogens with one attached hydrogen (secondary N) is 1. The SMILES string of the molecule is Cc1cccc(OCC(=O)Nc2nnc(-c3cc(C)oc3C)o2)c1. The second-order valence-electron chi connectivity index (χ2n) is 5.39. The third-order valence-electron chi connectivity index (χ3n) is 3.30. The molecule has 0 aliphatic heterocycles. The number of nitrogens with zero attached hydrogens (tertiary/aromatic N) is 2. The van der Waals surface area contributed by atoms with Gasteiger partial charge in [0.2, 0.25) is 0 Å². The number of amides is 1. The third-order valence-corrected chi connectivity index (χ3v) is 3.30. The molecule has 7 nitrogen and oxygen atoms in total. The predicted octanol–water partition coefficient (Wildman–Crippen LogP) is 3.27. The number of ether oxygens (including phenoxy) is 1. The molecule has 3 rings (SSSR count). The molecule has 0 saturated carbocycles. The highest BCUT2D eigenvalue weighted by Gasteiger charge is 2.16. The van der Waals surface area contributed by atoms with Gasteiger partial charge in [0.05, 0.1) is 5.56 Å². The summed E-state index contributed by atoms with van der Waals surface area (Å²) in [5.41, 5.74) is 1.76. The largest absolute Gasteiger partial charge is 0.484 e. The molecule has 7 heteroatoms. The lowest BCUT2D eigenvalue weighted by molar-refractivity contribution is -0.118. The molecule has 0 bridgehead atoms. The highest BCUT2D eigenvalue weighted by atomic mass is 16.5. The Morgan fingerprint density at radius 3 is 2.71 bits per heavy atom. The minimum atomic E-state index is -0.383. The molecule has 1 aromatic carbocycles. The van der Waals surface area contributed by atoms with Crippen molar-refractivity contribution in [2.24, 2.45) is 0 Å². The van der Waals surface area contributed by atoms with E-state index in [2.05, 4.69) is 15.5 Å². The second-order valence-corrected chi connectivity index (χ2v) is 5.39. The maximum atomic E-state index is 11.9. The fourth-order valence-corrected chi connectivity index (χ4v) is 2.24. The van der Waals surface area contributed by atoms with Crippen molar-refractivity contribution in [3.05, 3.63) is 47.4 Å². The molecule has 0 spiro atoms. The van der Waals surface area contributed by atoms with Gasteiger partial charge in [-0.05, 0) is 44.5 Å². The minimum absolute atomic E-state index is 0.0149. The summed E-state index contributed by atoms with van der Waals surface area (Å²) in [5.74, 6) is 1.96. The molecule has 2 aromatic heterocycles. The van der Waals surface area contributed by atoms with E-state index in [-0.39, 0.29) is 18.5 Å². The van der Waals surface area contributed by atoms with Gasteiger partial charge in [-0.1, -0.05) is 17.2 Å². The van der Waals surface area contributed by atoms with E-state index in [0.29, 0.717) is 23.0 Å². The van der Waals surface area contributed by atoms with E-state index in [9.17, 15) is 4.79 Å². The zero-order valence-electron chi connectivity index (χ0n) is 13.6. The van der Waals surface area contributed by atoms with Crippen LogP contribution in [0.1, 0.15) is 17.1 Å². The van der Waals surface area contributed by atoms with E-state index >= 15 is 0 Å². The van der Waals surface area contributed by atoms with Crippen LogP contribution in [0.5, 0.6) is 5.75 Å². The van der Waals surface area contributed by atoms with E-state index < -0.39 is 0 Å². The van der Waals surface area contributed by atoms with Gasteiger partial charge < -0.3 is 13.6 Å². The normalized spacial score (nSPS) is 10.6. The van der Waals surface area contributed by atoms with Gasteiger partial charge in [0.15, 0.2) is 6.61 Å². The van der Waals surface area contributed by atoms with E-state index in [1.54, 1.807) is 19.1 Å². The number of furan rings is 1. The predicted molar refractivity (Wildman–Crippen MR) is 86.8 cm³/mol. The molecule has 0 radical (unpaired) electrons. The van der Waals surface area contributed by atoms with Gasteiger partial charge in [0, 0.05) is 0 Å². The molecule has 0 unspecified atom stereocenters. The van der Waals surface area contributed by atoms with Crippen LogP contribution in [-0.2, 0) is 4.79 Å². The Morgan fingerprint density at radius 2 is 2.00 bits per heavy atom. The summed E-state index contributed by atoms with van der Waals surface area (Å²) < 4.78 is 16.3. The van der Waals surface area contributed by atoms with Crippen LogP contribution < -0.4 is 10.1 Å². The molecular formula is C17H17N3O4. The molecule has 0 atom stereocenters. The van der Waals surface area contributed by atoms with Crippen molar-refractivity contribution in [1.82, 2.24) is 10.2 Å². The number of aryl methyl sites for hydroxylation is 3. The quantitative estimate of drug-likeness (QED) is 0.773. The Bertz CT molecular complexity index is 866. The Labute approximate surface area is 138 Å². The van der Waals surface area contributed by atoms with Gasteiger partial charge >= 0.3 is 6.01 Å². The molecular weight excluding hydrogens is 310 g/mol. The Morgan fingerprint density at radius 1 is 1.17 bits per heavy atom. The first kappa shape index (κ1) is 15.8. The lowest BCUT2D eigenvalue weighted by Crippen LogP contribution is -2.20. The van der Waals surface area contributed by atoms with Crippen LogP contribution in [0.25, 0.3) is 11.5 Å². The summed E-state index contributed by atoms with van der Waals surface area (Å²) in [7, 11) is 0. The van der Waals surface area contributed by atoms with Crippen molar-refractivity contribution in [2.75, 3.05) is 11.9 Å². The lowest BCUT2D eigenvalue weighted by atomic mass is 10.2. The summed E-state index contributed by atoms with van der Waals surface area (Å²) in [6, 6.07) is 9.27. The maximum Gasteiger partial charge on any atom is 0.322 e. The monoisotopic (exact) mass is 327 g/mol. The molecule has 124 valence electrons. The van der Waals surface area contributed by atoms with Crippen LogP contribution in [-0.4, -0.2) is 22.7 Å². The summed E-state index contributed by atoms with van der Waals surface area (Å²) >= 11 is 0. The van der Waals surface area contributed by atoms with E-state index in [1.807, 2.05) is 32.0 Å². The number of carbonyl (C=O) groups excluding carboxylic acids is 1. The molecule has 2 heterocycles. The second kappa shape index (κ2) is 6.57. The first-order valence-corrected chi connectivity index (χ1v) is 7.41. The van der Waals surface area contributed by atoms with Crippen molar-refractivity contribution >= 4 is 11.9 Å². The number of anilines is 1. The van der Waals surface area contributed by atoms with Gasteiger partial charge in [-0.3, -0.25) is 10.1 Å². The first-order valence-electron chi connectivity index (χ1n) is 7.41. The molecule has 3 aromatic rings. The lowest BCUT2D eigenvalue weighted by Gasteiger charge is -2.05. The Hall–Kier alpha value is -3.09. The number of hydrogen-bond acceptors (Lipinski definition) is 6. The molecule has 0 aliphatic rings. The van der Waals surface area contributed by atoms with Gasteiger partial charge in [0.25, 0.3) is 11.8 Å². The van der Waals surface area contributed by atoms with Gasteiger partial charge in [-0.25, -0.2) is 0 Å². The van der Waals surface area contributed by atoms with Crippen LogP contribution in [0.2, 0.25) is 0 Å². The maximum absolute atomic E-state index is 11.9. The number of rotatable bonds is 5. The zero-order valence-corrected chi connectivity index (χ0v) is 13.6. The molecule has 0 fully saturated rings. The third kappa shape index (κ3) is 3.62. The standard InChI is InChI=1S/C17H17N3O4/c1-10-5-4-6-13(7-10)22-9-15(21)18-17-20-19-16(24-17)14-8-11(2)23-12(14)3/h4-8H,9H2,1-3H3,(H,18,20,21). The fraction of sp³-hybridized carbons (Fsp3) is 0.235. The minimum Gasteiger partial charge on any atom is -0.484 e. The Balaban J connectivity index is 1.60. The Kier molecular flexibility index (Phi) is 4.33. The fourth-order valence-electron chi connectivity index (χ4n) is 2.24. The molecule has 1 N–H and O–H groups in total. The number of aromatic nitrogens is 2. The van der Waals surface area contributed by atoms with Gasteiger partial charge in [-0.15, -0.1) is 5.10 Å². The van der Waals surface area contributed by atoms with E-state index in [4.69, 9.17) is 13.6 Å². The highest BCUT2D eigenvalue weighted by Crippen LogP contribution is 2.26. The van der Waals surface area contributed by atoms with Gasteiger partial charge in [0.1, 0.15) is 17.3 Å².